The monoisotopic (exact) mass is 423 g/mol. The molecule has 2 atom stereocenters. The fourth-order valence-electron chi connectivity index (χ4n) is 2.54. The number of ether oxygens (including phenoxy) is 3. The smallest absolute Gasteiger partial charge is 0.333 e. The summed E-state index contributed by atoms with van der Waals surface area (Å²) in [7, 11) is 0. The summed E-state index contributed by atoms with van der Waals surface area (Å²) in [5.41, 5.74) is 7.00. The van der Waals surface area contributed by atoms with Gasteiger partial charge in [0.2, 0.25) is 0 Å². The molecule has 2 rings (SSSR count). The van der Waals surface area contributed by atoms with Crippen molar-refractivity contribution in [3.8, 4) is 11.5 Å². The van der Waals surface area contributed by atoms with Crippen LogP contribution in [-0.2, 0) is 16.0 Å². The van der Waals surface area contributed by atoms with Crippen molar-refractivity contribution >= 4 is 23.3 Å². The van der Waals surface area contributed by atoms with Gasteiger partial charge in [0.25, 0.3) is 0 Å². The topological polar surface area (TPSA) is 111 Å². The van der Waals surface area contributed by atoms with Crippen LogP contribution in [0.1, 0.15) is 19.4 Å². The number of anilines is 1. The molecule has 2 unspecified atom stereocenters. The highest BCUT2D eigenvalue weighted by Gasteiger charge is 2.20. The standard InChI is InChI=1S/C21H26ClNO6/c1-13(2)29-20(21(25)26)9-14-3-6-17(7-4-14)27-11-16(24)12-28-19-8-5-15(22)10-18(19)23/h3-8,10,13,16,20,24H,9,11-12,23H2,1-2H3,(H,25,26). The van der Waals surface area contributed by atoms with Crippen molar-refractivity contribution < 1.29 is 29.2 Å². The maximum atomic E-state index is 11.3. The zero-order valence-electron chi connectivity index (χ0n) is 16.4. The fourth-order valence-corrected chi connectivity index (χ4v) is 2.72. The second-order valence-electron chi connectivity index (χ2n) is 6.82. The minimum Gasteiger partial charge on any atom is -0.491 e. The molecule has 0 radical (unpaired) electrons. The summed E-state index contributed by atoms with van der Waals surface area (Å²) in [5, 5.41) is 19.8. The predicted octanol–water partition coefficient (Wildman–Crippen LogP) is 3.16. The van der Waals surface area contributed by atoms with Gasteiger partial charge in [-0.3, -0.25) is 0 Å². The van der Waals surface area contributed by atoms with E-state index < -0.39 is 18.2 Å². The number of hydrogen-bond donors (Lipinski definition) is 3. The first kappa shape index (κ1) is 22.8. The molecular weight excluding hydrogens is 398 g/mol. The molecule has 0 aliphatic heterocycles. The van der Waals surface area contributed by atoms with Crippen LogP contribution < -0.4 is 15.2 Å². The number of aliphatic hydroxyl groups is 1. The number of aliphatic hydroxyl groups excluding tert-OH is 1. The number of halogens is 1. The molecule has 0 spiro atoms. The fraction of sp³-hybridized carbons (Fsp3) is 0.381. The summed E-state index contributed by atoms with van der Waals surface area (Å²) in [6.07, 6.45) is -1.68. The number of carboxylic acid groups (broad SMARTS) is 1. The van der Waals surface area contributed by atoms with Crippen LogP contribution in [0.15, 0.2) is 42.5 Å². The summed E-state index contributed by atoms with van der Waals surface area (Å²) < 4.78 is 16.4. The Morgan fingerprint density at radius 3 is 2.34 bits per heavy atom. The molecule has 2 aromatic rings. The molecule has 29 heavy (non-hydrogen) atoms. The molecule has 2 aromatic carbocycles. The van der Waals surface area contributed by atoms with Crippen molar-refractivity contribution in [1.82, 2.24) is 0 Å². The van der Waals surface area contributed by atoms with Gasteiger partial charge >= 0.3 is 5.97 Å². The number of nitrogens with two attached hydrogens (primary N) is 1. The van der Waals surface area contributed by atoms with Crippen LogP contribution in [0.2, 0.25) is 5.02 Å². The summed E-state index contributed by atoms with van der Waals surface area (Å²) in [6.45, 7) is 3.63. The van der Waals surface area contributed by atoms with Gasteiger partial charge in [-0.2, -0.15) is 0 Å². The van der Waals surface area contributed by atoms with E-state index in [2.05, 4.69) is 0 Å². The zero-order chi connectivity index (χ0) is 21.4. The van der Waals surface area contributed by atoms with Gasteiger partial charge in [0.05, 0.1) is 11.8 Å². The van der Waals surface area contributed by atoms with E-state index in [9.17, 15) is 15.0 Å². The number of benzene rings is 2. The van der Waals surface area contributed by atoms with Gasteiger partial charge in [-0.25, -0.2) is 4.79 Å². The van der Waals surface area contributed by atoms with Crippen LogP contribution in [-0.4, -0.2) is 47.7 Å². The van der Waals surface area contributed by atoms with E-state index in [0.29, 0.717) is 22.2 Å². The Hall–Kier alpha value is -2.48. The van der Waals surface area contributed by atoms with Crippen molar-refractivity contribution in [2.24, 2.45) is 0 Å². The summed E-state index contributed by atoms with van der Waals surface area (Å²) >= 11 is 5.83. The van der Waals surface area contributed by atoms with E-state index in [1.165, 1.54) is 0 Å². The van der Waals surface area contributed by atoms with Crippen LogP contribution in [0, 0.1) is 0 Å². The Balaban J connectivity index is 1.80. The Morgan fingerprint density at radius 2 is 1.76 bits per heavy atom. The Morgan fingerprint density at radius 1 is 1.10 bits per heavy atom. The highest BCUT2D eigenvalue weighted by molar-refractivity contribution is 6.30. The molecule has 0 saturated heterocycles. The lowest BCUT2D eigenvalue weighted by atomic mass is 10.1. The first-order valence-electron chi connectivity index (χ1n) is 9.20. The largest absolute Gasteiger partial charge is 0.491 e. The third-order valence-electron chi connectivity index (χ3n) is 3.90. The maximum Gasteiger partial charge on any atom is 0.333 e. The lowest BCUT2D eigenvalue weighted by molar-refractivity contribution is -0.153. The number of hydrogen-bond acceptors (Lipinski definition) is 6. The van der Waals surface area contributed by atoms with E-state index in [1.54, 1.807) is 56.3 Å². The molecule has 0 heterocycles. The van der Waals surface area contributed by atoms with Crippen molar-refractivity contribution in [2.45, 2.75) is 38.6 Å². The highest BCUT2D eigenvalue weighted by Crippen LogP contribution is 2.25. The maximum absolute atomic E-state index is 11.3. The highest BCUT2D eigenvalue weighted by atomic mass is 35.5. The zero-order valence-corrected chi connectivity index (χ0v) is 17.1. The van der Waals surface area contributed by atoms with Crippen LogP contribution >= 0.6 is 11.6 Å². The Labute approximate surface area is 175 Å². The van der Waals surface area contributed by atoms with Gasteiger partial charge in [0.1, 0.15) is 30.8 Å². The van der Waals surface area contributed by atoms with Gasteiger partial charge in [0, 0.05) is 11.4 Å². The number of aliphatic carboxylic acids is 1. The van der Waals surface area contributed by atoms with Gasteiger partial charge in [-0.15, -0.1) is 0 Å². The van der Waals surface area contributed by atoms with E-state index in [0.717, 1.165) is 5.56 Å². The number of carbonyl (C=O) groups is 1. The molecule has 8 heteroatoms. The Kier molecular flexibility index (Phi) is 8.57. The quantitative estimate of drug-likeness (QED) is 0.476. The average molecular weight is 424 g/mol. The normalized spacial score (nSPS) is 13.1. The minimum atomic E-state index is -0.997. The van der Waals surface area contributed by atoms with Crippen molar-refractivity contribution in [2.75, 3.05) is 18.9 Å². The predicted molar refractivity (Wildman–Crippen MR) is 111 cm³/mol. The lowest BCUT2D eigenvalue weighted by Gasteiger charge is -2.17. The number of nitrogen functional groups attached to an aromatic ring is 1. The van der Waals surface area contributed by atoms with Crippen LogP contribution in [0.4, 0.5) is 5.69 Å². The molecule has 158 valence electrons. The summed E-state index contributed by atoms with van der Waals surface area (Å²) in [6, 6.07) is 11.8. The number of carboxylic acids is 1. The van der Waals surface area contributed by atoms with Crippen LogP contribution in [0.3, 0.4) is 0 Å². The third-order valence-corrected chi connectivity index (χ3v) is 4.14. The van der Waals surface area contributed by atoms with E-state index in [-0.39, 0.29) is 25.7 Å². The van der Waals surface area contributed by atoms with Gasteiger partial charge in [0.15, 0.2) is 6.10 Å². The minimum absolute atomic E-state index is 0.0107. The van der Waals surface area contributed by atoms with E-state index in [4.69, 9.17) is 31.5 Å². The second-order valence-corrected chi connectivity index (χ2v) is 7.25. The molecule has 4 N–H and O–H groups in total. The van der Waals surface area contributed by atoms with Crippen molar-refractivity contribution in [1.29, 1.82) is 0 Å². The van der Waals surface area contributed by atoms with Crippen LogP contribution in [0.25, 0.3) is 0 Å². The Bertz CT molecular complexity index is 796. The molecule has 0 bridgehead atoms. The second kappa shape index (κ2) is 10.9. The number of rotatable bonds is 11. The summed E-state index contributed by atoms with van der Waals surface area (Å²) in [4.78, 5) is 11.3. The molecular formula is C21H26ClNO6. The average Bonchev–Trinajstić information content (AvgIpc) is 2.65. The summed E-state index contributed by atoms with van der Waals surface area (Å²) in [5.74, 6) is -0.00617. The first-order chi connectivity index (χ1) is 13.7. The van der Waals surface area contributed by atoms with Gasteiger partial charge in [-0.05, 0) is 49.7 Å². The third kappa shape index (κ3) is 7.81. The van der Waals surface area contributed by atoms with Gasteiger partial charge in [-0.1, -0.05) is 23.7 Å². The molecule has 0 aliphatic rings. The van der Waals surface area contributed by atoms with E-state index in [1.807, 2.05) is 0 Å². The molecule has 0 amide bonds. The molecule has 7 nitrogen and oxygen atoms in total. The molecule has 0 aliphatic carbocycles. The SMILES string of the molecule is CC(C)OC(Cc1ccc(OCC(O)COc2ccc(Cl)cc2N)cc1)C(=O)O. The van der Waals surface area contributed by atoms with Crippen LogP contribution in [0.5, 0.6) is 11.5 Å². The van der Waals surface area contributed by atoms with Crippen molar-refractivity contribution in [3.63, 3.8) is 0 Å². The van der Waals surface area contributed by atoms with E-state index >= 15 is 0 Å². The molecule has 0 fully saturated rings. The van der Waals surface area contributed by atoms with Crippen molar-refractivity contribution in [3.05, 3.63) is 53.1 Å². The lowest BCUT2D eigenvalue weighted by Crippen LogP contribution is -2.29. The molecule has 0 aromatic heterocycles. The first-order valence-corrected chi connectivity index (χ1v) is 9.58. The van der Waals surface area contributed by atoms with Gasteiger partial charge < -0.3 is 30.2 Å². The molecule has 0 saturated carbocycles.